The van der Waals surface area contributed by atoms with Crippen LogP contribution in [0.2, 0.25) is 0 Å². The fourth-order valence-electron chi connectivity index (χ4n) is 0.933. The molecule has 0 bridgehead atoms. The highest BCUT2D eigenvalue weighted by atomic mass is 16.2. The minimum absolute atomic E-state index is 0.166. The number of nitrogens with two attached hydrogens (primary N) is 1. The third kappa shape index (κ3) is 2.55. The summed E-state index contributed by atoms with van der Waals surface area (Å²) in [6.45, 7) is 7.25. The van der Waals surface area contributed by atoms with Gasteiger partial charge in [0.05, 0.1) is 5.41 Å². The molecule has 88 valence electrons. The molecule has 0 aliphatic heterocycles. The van der Waals surface area contributed by atoms with Gasteiger partial charge in [-0.15, -0.1) is 5.10 Å². The van der Waals surface area contributed by atoms with Crippen molar-refractivity contribution in [3.63, 3.8) is 0 Å². The third-order valence-corrected chi connectivity index (χ3v) is 2.99. The Morgan fingerprint density at radius 2 is 2.00 bits per heavy atom. The zero-order valence-electron chi connectivity index (χ0n) is 10.1. The lowest BCUT2D eigenvalue weighted by Crippen LogP contribution is -2.53. The van der Waals surface area contributed by atoms with Crippen LogP contribution in [0.1, 0.15) is 27.7 Å². The number of anilines is 1. The van der Waals surface area contributed by atoms with Crippen molar-refractivity contribution in [2.45, 2.75) is 33.2 Å². The van der Waals surface area contributed by atoms with E-state index in [1.807, 2.05) is 13.8 Å². The van der Waals surface area contributed by atoms with Crippen LogP contribution < -0.4 is 11.1 Å². The Hall–Kier alpha value is -1.49. The molecule has 1 aromatic rings. The number of amides is 1. The first-order valence-corrected chi connectivity index (χ1v) is 5.13. The molecule has 0 radical (unpaired) electrons. The topological polar surface area (TPSA) is 80.9 Å². The zero-order valence-corrected chi connectivity index (χ0v) is 10.1. The molecule has 0 saturated heterocycles. The van der Waals surface area contributed by atoms with Crippen LogP contribution in [0.15, 0.2) is 18.3 Å². The first-order valence-electron chi connectivity index (χ1n) is 5.13. The van der Waals surface area contributed by atoms with Crippen LogP contribution in [-0.2, 0) is 4.79 Å². The summed E-state index contributed by atoms with van der Waals surface area (Å²) in [5.41, 5.74) is 4.67. The molecule has 3 N–H and O–H groups in total. The van der Waals surface area contributed by atoms with Gasteiger partial charge in [0.25, 0.3) is 0 Å². The second kappa shape index (κ2) is 4.17. The largest absolute Gasteiger partial charge is 0.325 e. The van der Waals surface area contributed by atoms with Crippen molar-refractivity contribution >= 4 is 11.7 Å². The molecule has 1 heterocycles. The molecular formula is C11H18N4O. The lowest BCUT2D eigenvalue weighted by molar-refractivity contribution is -0.126. The normalized spacial score (nSPS) is 12.3. The molecule has 0 aliphatic rings. The summed E-state index contributed by atoms with van der Waals surface area (Å²) < 4.78 is 0. The van der Waals surface area contributed by atoms with Crippen molar-refractivity contribution in [1.29, 1.82) is 0 Å². The van der Waals surface area contributed by atoms with E-state index in [-0.39, 0.29) is 5.91 Å². The van der Waals surface area contributed by atoms with E-state index in [1.165, 1.54) is 0 Å². The van der Waals surface area contributed by atoms with Crippen molar-refractivity contribution in [2.24, 2.45) is 11.1 Å². The Morgan fingerprint density at radius 1 is 1.38 bits per heavy atom. The van der Waals surface area contributed by atoms with Gasteiger partial charge in [0.1, 0.15) is 0 Å². The SMILES string of the molecule is CC(C)(N)C(C)(C)C(=O)Nc1cccnn1. The molecule has 5 nitrogen and oxygen atoms in total. The molecule has 1 rings (SSSR count). The van der Waals surface area contributed by atoms with Crippen molar-refractivity contribution in [3.05, 3.63) is 18.3 Å². The van der Waals surface area contributed by atoms with E-state index in [2.05, 4.69) is 15.5 Å². The number of nitrogens with zero attached hydrogens (tertiary/aromatic N) is 2. The Labute approximate surface area is 95.4 Å². The number of carbonyl (C=O) groups is 1. The fourth-order valence-corrected chi connectivity index (χ4v) is 0.933. The highest BCUT2D eigenvalue weighted by Gasteiger charge is 2.40. The van der Waals surface area contributed by atoms with Crippen LogP contribution in [0.25, 0.3) is 0 Å². The average Bonchev–Trinajstić information content (AvgIpc) is 2.17. The number of hydrogen-bond donors (Lipinski definition) is 2. The lowest BCUT2D eigenvalue weighted by Gasteiger charge is -2.36. The van der Waals surface area contributed by atoms with Crippen LogP contribution in [0.4, 0.5) is 5.82 Å². The van der Waals surface area contributed by atoms with Gasteiger partial charge in [-0.2, -0.15) is 5.10 Å². The predicted octanol–water partition coefficient (Wildman–Crippen LogP) is 1.18. The van der Waals surface area contributed by atoms with Crippen molar-refractivity contribution in [3.8, 4) is 0 Å². The van der Waals surface area contributed by atoms with E-state index < -0.39 is 11.0 Å². The molecule has 0 spiro atoms. The lowest BCUT2D eigenvalue weighted by atomic mass is 9.74. The van der Waals surface area contributed by atoms with Crippen LogP contribution >= 0.6 is 0 Å². The molecule has 0 unspecified atom stereocenters. The van der Waals surface area contributed by atoms with Gasteiger partial charge in [0.2, 0.25) is 5.91 Å². The van der Waals surface area contributed by atoms with E-state index in [0.29, 0.717) is 5.82 Å². The third-order valence-electron chi connectivity index (χ3n) is 2.99. The molecule has 0 atom stereocenters. The van der Waals surface area contributed by atoms with Crippen molar-refractivity contribution in [2.75, 3.05) is 5.32 Å². The van der Waals surface area contributed by atoms with Crippen LogP contribution in [0, 0.1) is 5.41 Å². The second-order valence-electron chi connectivity index (χ2n) is 4.91. The average molecular weight is 222 g/mol. The number of hydrogen-bond acceptors (Lipinski definition) is 4. The molecule has 16 heavy (non-hydrogen) atoms. The van der Waals surface area contributed by atoms with Gasteiger partial charge in [-0.25, -0.2) is 0 Å². The molecule has 1 aromatic heterocycles. The van der Waals surface area contributed by atoms with Crippen LogP contribution in [-0.4, -0.2) is 21.6 Å². The van der Waals surface area contributed by atoms with Gasteiger partial charge in [0, 0.05) is 11.7 Å². The Balaban J connectivity index is 2.81. The van der Waals surface area contributed by atoms with E-state index in [0.717, 1.165) is 0 Å². The Morgan fingerprint density at radius 3 is 2.44 bits per heavy atom. The summed E-state index contributed by atoms with van der Waals surface area (Å²) in [6.07, 6.45) is 1.55. The summed E-state index contributed by atoms with van der Waals surface area (Å²) in [7, 11) is 0. The number of carbonyl (C=O) groups excluding carboxylic acids is 1. The maximum absolute atomic E-state index is 12.0. The van der Waals surface area contributed by atoms with E-state index >= 15 is 0 Å². The van der Waals surface area contributed by atoms with E-state index in [4.69, 9.17) is 5.73 Å². The first kappa shape index (κ1) is 12.6. The summed E-state index contributed by atoms with van der Waals surface area (Å²) in [6, 6.07) is 3.40. The van der Waals surface area contributed by atoms with Gasteiger partial charge in [-0.3, -0.25) is 4.79 Å². The minimum atomic E-state index is -0.690. The van der Waals surface area contributed by atoms with Crippen LogP contribution in [0.5, 0.6) is 0 Å². The molecule has 0 aromatic carbocycles. The van der Waals surface area contributed by atoms with Crippen molar-refractivity contribution in [1.82, 2.24) is 10.2 Å². The van der Waals surface area contributed by atoms with Gasteiger partial charge in [-0.05, 0) is 39.8 Å². The number of aromatic nitrogens is 2. The Bertz CT molecular complexity index is 367. The molecule has 0 aliphatic carbocycles. The standard InChI is InChI=1S/C11H18N4O/c1-10(2,11(3,4)12)9(16)14-8-6-5-7-13-15-8/h5-7H,12H2,1-4H3,(H,14,15,16). The van der Waals surface area contributed by atoms with Crippen molar-refractivity contribution < 1.29 is 4.79 Å². The zero-order chi connectivity index (χ0) is 12.4. The van der Waals surface area contributed by atoms with Gasteiger partial charge >= 0.3 is 0 Å². The monoisotopic (exact) mass is 222 g/mol. The van der Waals surface area contributed by atoms with Crippen LogP contribution in [0.3, 0.4) is 0 Å². The maximum atomic E-state index is 12.0. The summed E-state index contributed by atoms with van der Waals surface area (Å²) in [5.74, 6) is 0.269. The highest BCUT2D eigenvalue weighted by molar-refractivity contribution is 5.94. The molecule has 0 saturated carbocycles. The highest BCUT2D eigenvalue weighted by Crippen LogP contribution is 2.29. The van der Waals surface area contributed by atoms with Gasteiger partial charge in [0.15, 0.2) is 5.82 Å². The molecule has 5 heteroatoms. The fraction of sp³-hybridized carbons (Fsp3) is 0.545. The molecular weight excluding hydrogens is 204 g/mol. The minimum Gasteiger partial charge on any atom is -0.325 e. The summed E-state index contributed by atoms with van der Waals surface area (Å²) >= 11 is 0. The Kier molecular flexibility index (Phi) is 3.28. The van der Waals surface area contributed by atoms with E-state index in [9.17, 15) is 4.79 Å². The maximum Gasteiger partial charge on any atom is 0.233 e. The quantitative estimate of drug-likeness (QED) is 0.804. The smallest absolute Gasteiger partial charge is 0.233 e. The van der Waals surface area contributed by atoms with Gasteiger partial charge in [-0.1, -0.05) is 0 Å². The molecule has 0 fully saturated rings. The van der Waals surface area contributed by atoms with E-state index in [1.54, 1.807) is 32.2 Å². The molecule has 1 amide bonds. The number of nitrogens with one attached hydrogen (secondary N) is 1. The number of rotatable bonds is 3. The summed E-state index contributed by atoms with van der Waals surface area (Å²) in [5, 5.41) is 10.2. The predicted molar refractivity (Wildman–Crippen MR) is 62.7 cm³/mol. The summed E-state index contributed by atoms with van der Waals surface area (Å²) in [4.78, 5) is 12.0. The first-order chi connectivity index (χ1) is 7.25. The van der Waals surface area contributed by atoms with Gasteiger partial charge < -0.3 is 11.1 Å². The second-order valence-corrected chi connectivity index (χ2v) is 4.91.